The molecule has 3 aromatic carbocycles. The van der Waals surface area contributed by atoms with Crippen LogP contribution in [0.1, 0.15) is 11.1 Å². The monoisotopic (exact) mass is 494 g/mol. The number of carbonyl (C=O) groups excluding carboxylic acids is 1. The predicted molar refractivity (Wildman–Crippen MR) is 112 cm³/mol. The van der Waals surface area contributed by atoms with E-state index in [0.29, 0.717) is 15.1 Å². The summed E-state index contributed by atoms with van der Waals surface area (Å²) in [6, 6.07) is 14.8. The van der Waals surface area contributed by atoms with E-state index in [4.69, 9.17) is 11.6 Å². The van der Waals surface area contributed by atoms with Crippen LogP contribution >= 0.6 is 43.5 Å². The molecule has 0 saturated heterocycles. The molecule has 4 nitrogen and oxygen atoms in total. The molecule has 0 unspecified atom stereocenters. The lowest BCUT2D eigenvalue weighted by molar-refractivity contribution is -0.120. The summed E-state index contributed by atoms with van der Waals surface area (Å²) in [5, 5.41) is 16.4. The molecular weight excluding hydrogens is 483 g/mol. The topological polar surface area (TPSA) is 61.7 Å². The van der Waals surface area contributed by atoms with Gasteiger partial charge in [0.1, 0.15) is 5.75 Å². The van der Waals surface area contributed by atoms with Crippen molar-refractivity contribution in [3.8, 4) is 5.75 Å². The van der Waals surface area contributed by atoms with Gasteiger partial charge in [-0.05, 0) is 50.5 Å². The van der Waals surface area contributed by atoms with Crippen LogP contribution in [0.15, 0.2) is 62.6 Å². The van der Waals surface area contributed by atoms with Gasteiger partial charge in [0.15, 0.2) is 0 Å². The van der Waals surface area contributed by atoms with E-state index in [1.165, 1.54) is 6.21 Å². The Morgan fingerprint density at radius 1 is 1.12 bits per heavy atom. The third-order valence-electron chi connectivity index (χ3n) is 3.76. The van der Waals surface area contributed by atoms with E-state index >= 15 is 0 Å². The average Bonchev–Trinajstić information content (AvgIpc) is 2.62. The molecule has 0 heterocycles. The van der Waals surface area contributed by atoms with Gasteiger partial charge in [0.05, 0.1) is 17.1 Å². The molecule has 0 aliphatic rings. The summed E-state index contributed by atoms with van der Waals surface area (Å²) in [6.07, 6.45) is 1.54. The van der Waals surface area contributed by atoms with Gasteiger partial charge >= 0.3 is 0 Å². The van der Waals surface area contributed by atoms with E-state index in [-0.39, 0.29) is 18.1 Å². The molecule has 2 N–H and O–H groups in total. The second-order valence-corrected chi connectivity index (χ2v) is 7.69. The van der Waals surface area contributed by atoms with Gasteiger partial charge in [-0.3, -0.25) is 4.79 Å². The number of halogens is 3. The first-order chi connectivity index (χ1) is 12.5. The summed E-state index contributed by atoms with van der Waals surface area (Å²) < 4.78 is 1.44. The van der Waals surface area contributed by atoms with E-state index in [2.05, 4.69) is 42.4 Å². The van der Waals surface area contributed by atoms with E-state index in [9.17, 15) is 9.90 Å². The van der Waals surface area contributed by atoms with E-state index in [1.807, 2.05) is 36.4 Å². The molecule has 0 radical (unpaired) electrons. The quantitative estimate of drug-likeness (QED) is 0.375. The van der Waals surface area contributed by atoms with Gasteiger partial charge in [-0.15, -0.1) is 0 Å². The first-order valence-corrected chi connectivity index (χ1v) is 9.58. The highest BCUT2D eigenvalue weighted by molar-refractivity contribution is 9.11. The van der Waals surface area contributed by atoms with Crippen molar-refractivity contribution in [1.29, 1.82) is 0 Å². The van der Waals surface area contributed by atoms with Gasteiger partial charge in [0, 0.05) is 15.1 Å². The fraction of sp³-hybridized carbons (Fsp3) is 0.0526. The standard InChI is InChI=1S/C19H13Br2ClN2O2/c20-16-6-5-11(14-3-1-2-4-15(14)16)8-18(25)24-23-10-12-7-13(22)9-17(21)19(12)26/h1-7,9-10,26H,8H2,(H,24,25)/b23-10-. The van der Waals surface area contributed by atoms with Crippen molar-refractivity contribution in [1.82, 2.24) is 5.43 Å². The number of benzene rings is 3. The minimum absolute atomic E-state index is 0.00584. The molecule has 0 bridgehead atoms. The normalized spacial score (nSPS) is 11.2. The van der Waals surface area contributed by atoms with Gasteiger partial charge < -0.3 is 5.11 Å². The van der Waals surface area contributed by atoms with Crippen LogP contribution in [-0.4, -0.2) is 17.2 Å². The maximum Gasteiger partial charge on any atom is 0.244 e. The zero-order valence-electron chi connectivity index (χ0n) is 13.3. The van der Waals surface area contributed by atoms with E-state index < -0.39 is 0 Å². The van der Waals surface area contributed by atoms with Crippen LogP contribution in [0.2, 0.25) is 5.02 Å². The van der Waals surface area contributed by atoms with Gasteiger partial charge in [-0.25, -0.2) is 5.43 Å². The number of rotatable bonds is 4. The Morgan fingerprint density at radius 2 is 1.85 bits per heavy atom. The van der Waals surface area contributed by atoms with Crippen molar-refractivity contribution < 1.29 is 9.90 Å². The number of hydrogen-bond donors (Lipinski definition) is 2. The van der Waals surface area contributed by atoms with Crippen molar-refractivity contribution in [3.63, 3.8) is 0 Å². The van der Waals surface area contributed by atoms with Crippen LogP contribution in [0.25, 0.3) is 10.8 Å². The van der Waals surface area contributed by atoms with E-state index in [0.717, 1.165) is 20.8 Å². The number of nitrogens with one attached hydrogen (secondary N) is 1. The number of carbonyl (C=O) groups is 1. The van der Waals surface area contributed by atoms with Crippen LogP contribution in [-0.2, 0) is 11.2 Å². The number of hydrogen-bond acceptors (Lipinski definition) is 3. The predicted octanol–water partition coefficient (Wildman–Crippen LogP) is 5.42. The molecule has 0 spiro atoms. The van der Waals surface area contributed by atoms with Gasteiger partial charge in [0.2, 0.25) is 5.91 Å². The number of hydrazone groups is 1. The minimum Gasteiger partial charge on any atom is -0.506 e. The van der Waals surface area contributed by atoms with Crippen LogP contribution in [0.3, 0.4) is 0 Å². The lowest BCUT2D eigenvalue weighted by Crippen LogP contribution is -2.19. The first kappa shape index (κ1) is 18.9. The Bertz CT molecular complexity index is 1020. The number of fused-ring (bicyclic) bond motifs is 1. The van der Waals surface area contributed by atoms with Crippen molar-refractivity contribution in [2.45, 2.75) is 6.42 Å². The Balaban J connectivity index is 1.74. The van der Waals surface area contributed by atoms with Crippen molar-refractivity contribution in [2.24, 2.45) is 5.10 Å². The molecular formula is C19H13Br2ClN2O2. The number of amides is 1. The summed E-state index contributed by atoms with van der Waals surface area (Å²) in [6.45, 7) is 0. The molecule has 0 saturated carbocycles. The number of aromatic hydroxyl groups is 1. The molecule has 0 atom stereocenters. The number of phenols is 1. The molecule has 7 heteroatoms. The molecule has 132 valence electrons. The molecule has 3 aromatic rings. The summed E-state index contributed by atoms with van der Waals surface area (Å²) in [5.41, 5.74) is 3.78. The van der Waals surface area contributed by atoms with Gasteiger partial charge in [0.25, 0.3) is 0 Å². The summed E-state index contributed by atoms with van der Waals surface area (Å²) >= 11 is 12.7. The molecule has 0 aliphatic heterocycles. The number of phenolic OH excluding ortho intramolecular Hbond substituents is 1. The van der Waals surface area contributed by atoms with Crippen LogP contribution in [0.4, 0.5) is 0 Å². The molecule has 0 aromatic heterocycles. The van der Waals surface area contributed by atoms with Crippen molar-refractivity contribution in [3.05, 3.63) is 73.6 Å². The summed E-state index contributed by atoms with van der Waals surface area (Å²) in [5.74, 6) is -0.249. The zero-order valence-corrected chi connectivity index (χ0v) is 17.3. The third-order valence-corrected chi connectivity index (χ3v) is 5.28. The maximum atomic E-state index is 12.2. The zero-order chi connectivity index (χ0) is 18.7. The Morgan fingerprint density at radius 3 is 2.62 bits per heavy atom. The van der Waals surface area contributed by atoms with Crippen LogP contribution in [0.5, 0.6) is 5.75 Å². The Hall–Kier alpha value is -1.89. The molecule has 26 heavy (non-hydrogen) atoms. The van der Waals surface area contributed by atoms with Gasteiger partial charge in [-0.2, -0.15) is 5.10 Å². The highest BCUT2D eigenvalue weighted by Gasteiger charge is 2.09. The molecule has 0 fully saturated rings. The molecule has 0 aliphatic carbocycles. The second-order valence-electron chi connectivity index (χ2n) is 5.55. The van der Waals surface area contributed by atoms with Crippen molar-refractivity contribution in [2.75, 3.05) is 0 Å². The largest absolute Gasteiger partial charge is 0.506 e. The molecule has 1 amide bonds. The Kier molecular flexibility index (Phi) is 5.96. The lowest BCUT2D eigenvalue weighted by Gasteiger charge is -2.07. The maximum absolute atomic E-state index is 12.2. The van der Waals surface area contributed by atoms with Gasteiger partial charge in [-0.1, -0.05) is 57.9 Å². The minimum atomic E-state index is -0.255. The summed E-state index contributed by atoms with van der Waals surface area (Å²) in [7, 11) is 0. The second kappa shape index (κ2) is 8.20. The Labute approximate surface area is 172 Å². The first-order valence-electron chi connectivity index (χ1n) is 7.61. The van der Waals surface area contributed by atoms with Crippen molar-refractivity contribution >= 4 is 66.4 Å². The fourth-order valence-electron chi connectivity index (χ4n) is 2.55. The van der Waals surface area contributed by atoms with E-state index in [1.54, 1.807) is 12.1 Å². The third kappa shape index (κ3) is 4.26. The lowest BCUT2D eigenvalue weighted by atomic mass is 10.0. The van der Waals surface area contributed by atoms with Crippen LogP contribution < -0.4 is 5.43 Å². The highest BCUT2D eigenvalue weighted by atomic mass is 79.9. The smallest absolute Gasteiger partial charge is 0.244 e. The SMILES string of the molecule is O=C(Cc1ccc(Br)c2ccccc12)N/N=C\c1cc(Cl)cc(Br)c1O. The van der Waals surface area contributed by atoms with Crippen LogP contribution in [0, 0.1) is 0 Å². The molecule has 3 rings (SSSR count). The summed E-state index contributed by atoms with van der Waals surface area (Å²) in [4.78, 5) is 12.2. The number of nitrogens with zero attached hydrogens (tertiary/aromatic N) is 1. The average molecular weight is 497 g/mol. The fourth-order valence-corrected chi connectivity index (χ4v) is 3.86. The highest BCUT2D eigenvalue weighted by Crippen LogP contribution is 2.30.